The van der Waals surface area contributed by atoms with Gasteiger partial charge in [-0.2, -0.15) is 0 Å². The maximum Gasteiger partial charge on any atom is 0.253 e. The Morgan fingerprint density at radius 2 is 1.77 bits per heavy atom. The Labute approximate surface area is 152 Å². The van der Waals surface area contributed by atoms with Gasteiger partial charge in [-0.25, -0.2) is 0 Å². The first-order chi connectivity index (χ1) is 12.7. The van der Waals surface area contributed by atoms with Gasteiger partial charge in [0.15, 0.2) is 5.76 Å². The molecule has 6 heteroatoms. The number of carbonyl (C=O) groups is 1. The molecular formula is C20H22N4O2. The number of benzene rings is 1. The first-order valence-electron chi connectivity index (χ1n) is 8.86. The maximum absolute atomic E-state index is 12.7. The van der Waals surface area contributed by atoms with Gasteiger partial charge in [-0.15, -0.1) is 0 Å². The summed E-state index contributed by atoms with van der Waals surface area (Å²) in [5.41, 5.74) is 2.69. The van der Waals surface area contributed by atoms with Crippen LogP contribution in [-0.2, 0) is 6.54 Å². The van der Waals surface area contributed by atoms with Crippen LogP contribution in [0.15, 0.2) is 59.4 Å². The Bertz CT molecular complexity index is 860. The summed E-state index contributed by atoms with van der Waals surface area (Å²) >= 11 is 0. The molecule has 26 heavy (non-hydrogen) atoms. The average molecular weight is 350 g/mol. The summed E-state index contributed by atoms with van der Waals surface area (Å²) in [6.07, 6.45) is 3.98. The third-order valence-corrected chi connectivity index (χ3v) is 4.73. The average Bonchev–Trinajstić information content (AvgIpc) is 3.34. The SMILES string of the molecule is Cc1cc(CN2CCN(C(=O)c3ccc(-n4cccc4)cc3)CC2)on1. The summed E-state index contributed by atoms with van der Waals surface area (Å²) in [5.74, 6) is 0.974. The van der Waals surface area contributed by atoms with Crippen molar-refractivity contribution in [2.45, 2.75) is 13.5 Å². The molecule has 1 fully saturated rings. The molecule has 4 rings (SSSR count). The van der Waals surface area contributed by atoms with Crippen LogP contribution in [0.4, 0.5) is 0 Å². The highest BCUT2D eigenvalue weighted by atomic mass is 16.5. The molecule has 3 aromatic rings. The summed E-state index contributed by atoms with van der Waals surface area (Å²) < 4.78 is 7.30. The molecule has 134 valence electrons. The minimum absolute atomic E-state index is 0.0965. The zero-order valence-electron chi connectivity index (χ0n) is 14.8. The fourth-order valence-electron chi connectivity index (χ4n) is 3.29. The number of carbonyl (C=O) groups excluding carboxylic acids is 1. The second kappa shape index (κ2) is 7.17. The standard InChI is InChI=1S/C20H22N4O2/c1-16-14-19(26-21-16)15-22-10-12-24(13-11-22)20(25)17-4-6-18(7-5-17)23-8-2-3-9-23/h2-9,14H,10-13,15H2,1H3. The lowest BCUT2D eigenvalue weighted by Crippen LogP contribution is -2.48. The molecule has 0 spiro atoms. The number of aromatic nitrogens is 2. The van der Waals surface area contributed by atoms with Crippen molar-refractivity contribution in [3.63, 3.8) is 0 Å². The number of hydrogen-bond acceptors (Lipinski definition) is 4. The highest BCUT2D eigenvalue weighted by Gasteiger charge is 2.22. The van der Waals surface area contributed by atoms with E-state index < -0.39 is 0 Å². The van der Waals surface area contributed by atoms with E-state index in [1.807, 2.05) is 71.2 Å². The molecule has 2 aromatic heterocycles. The Kier molecular flexibility index (Phi) is 4.58. The normalized spacial score (nSPS) is 15.3. The van der Waals surface area contributed by atoms with Crippen LogP contribution < -0.4 is 0 Å². The molecule has 1 aliphatic heterocycles. The van der Waals surface area contributed by atoms with Gasteiger partial charge >= 0.3 is 0 Å². The van der Waals surface area contributed by atoms with Gasteiger partial charge in [0.1, 0.15) is 0 Å². The molecule has 0 saturated carbocycles. The van der Waals surface area contributed by atoms with E-state index in [0.29, 0.717) is 0 Å². The van der Waals surface area contributed by atoms with Crippen molar-refractivity contribution in [3.05, 3.63) is 71.9 Å². The van der Waals surface area contributed by atoms with Gasteiger partial charge in [0.25, 0.3) is 5.91 Å². The van der Waals surface area contributed by atoms with Gasteiger partial charge in [0, 0.05) is 55.9 Å². The fraction of sp³-hybridized carbons (Fsp3) is 0.300. The Morgan fingerprint density at radius 1 is 1.08 bits per heavy atom. The lowest BCUT2D eigenvalue weighted by atomic mass is 10.1. The molecule has 1 amide bonds. The van der Waals surface area contributed by atoms with Crippen LogP contribution >= 0.6 is 0 Å². The van der Waals surface area contributed by atoms with Gasteiger partial charge < -0.3 is 14.0 Å². The summed E-state index contributed by atoms with van der Waals surface area (Å²) in [6.45, 7) is 5.80. The quantitative estimate of drug-likeness (QED) is 0.726. The predicted molar refractivity (Wildman–Crippen MR) is 98.2 cm³/mol. The third kappa shape index (κ3) is 3.55. The number of nitrogens with zero attached hydrogens (tertiary/aromatic N) is 4. The Balaban J connectivity index is 1.34. The van der Waals surface area contributed by atoms with Crippen molar-refractivity contribution in [3.8, 4) is 5.69 Å². The number of piperazine rings is 1. The molecule has 1 saturated heterocycles. The topological polar surface area (TPSA) is 54.5 Å². The molecule has 3 heterocycles. The van der Waals surface area contributed by atoms with E-state index in [1.165, 1.54) is 0 Å². The van der Waals surface area contributed by atoms with Gasteiger partial charge in [-0.05, 0) is 43.3 Å². The van der Waals surface area contributed by atoms with Crippen LogP contribution in [0.5, 0.6) is 0 Å². The van der Waals surface area contributed by atoms with Crippen LogP contribution in [0, 0.1) is 6.92 Å². The van der Waals surface area contributed by atoms with E-state index in [4.69, 9.17) is 4.52 Å². The van der Waals surface area contributed by atoms with Gasteiger partial charge in [0.2, 0.25) is 0 Å². The molecule has 6 nitrogen and oxygen atoms in total. The van der Waals surface area contributed by atoms with Crippen molar-refractivity contribution in [1.82, 2.24) is 19.5 Å². The molecule has 0 atom stereocenters. The van der Waals surface area contributed by atoms with Gasteiger partial charge in [0.05, 0.1) is 12.2 Å². The first-order valence-corrected chi connectivity index (χ1v) is 8.86. The maximum atomic E-state index is 12.7. The van der Waals surface area contributed by atoms with Gasteiger partial charge in [-0.1, -0.05) is 5.16 Å². The van der Waals surface area contributed by atoms with Crippen LogP contribution in [-0.4, -0.2) is 51.6 Å². The van der Waals surface area contributed by atoms with Crippen molar-refractivity contribution < 1.29 is 9.32 Å². The molecule has 0 radical (unpaired) electrons. The number of hydrogen-bond donors (Lipinski definition) is 0. The van der Waals surface area contributed by atoms with Crippen molar-refractivity contribution >= 4 is 5.91 Å². The zero-order chi connectivity index (χ0) is 17.9. The van der Waals surface area contributed by atoms with E-state index in [9.17, 15) is 4.79 Å². The van der Waals surface area contributed by atoms with Crippen molar-refractivity contribution in [1.29, 1.82) is 0 Å². The molecule has 1 aliphatic rings. The Morgan fingerprint density at radius 3 is 2.38 bits per heavy atom. The largest absolute Gasteiger partial charge is 0.360 e. The first kappa shape index (κ1) is 16.6. The van der Waals surface area contributed by atoms with E-state index >= 15 is 0 Å². The zero-order valence-corrected chi connectivity index (χ0v) is 14.8. The molecule has 1 aromatic carbocycles. The fourth-order valence-corrected chi connectivity index (χ4v) is 3.29. The molecular weight excluding hydrogens is 328 g/mol. The minimum atomic E-state index is 0.0965. The highest BCUT2D eigenvalue weighted by molar-refractivity contribution is 5.94. The van der Waals surface area contributed by atoms with Crippen LogP contribution in [0.3, 0.4) is 0 Å². The molecule has 0 bridgehead atoms. The van der Waals surface area contributed by atoms with Crippen molar-refractivity contribution in [2.75, 3.05) is 26.2 Å². The van der Waals surface area contributed by atoms with E-state index in [0.717, 1.165) is 55.4 Å². The van der Waals surface area contributed by atoms with Crippen LogP contribution in [0.2, 0.25) is 0 Å². The predicted octanol–water partition coefficient (Wildman–Crippen LogP) is 2.73. The van der Waals surface area contributed by atoms with Gasteiger partial charge in [-0.3, -0.25) is 9.69 Å². The molecule has 0 aliphatic carbocycles. The van der Waals surface area contributed by atoms with Crippen LogP contribution in [0.25, 0.3) is 5.69 Å². The summed E-state index contributed by atoms with van der Waals surface area (Å²) in [7, 11) is 0. The summed E-state index contributed by atoms with van der Waals surface area (Å²) in [6, 6.07) is 13.7. The summed E-state index contributed by atoms with van der Waals surface area (Å²) in [5, 5.41) is 3.92. The van der Waals surface area contributed by atoms with E-state index in [-0.39, 0.29) is 5.91 Å². The van der Waals surface area contributed by atoms with E-state index in [1.54, 1.807) is 0 Å². The number of aryl methyl sites for hydroxylation is 1. The second-order valence-corrected chi connectivity index (χ2v) is 6.64. The second-order valence-electron chi connectivity index (χ2n) is 6.64. The van der Waals surface area contributed by atoms with Crippen LogP contribution in [0.1, 0.15) is 21.8 Å². The monoisotopic (exact) mass is 350 g/mol. The summed E-state index contributed by atoms with van der Waals surface area (Å²) in [4.78, 5) is 17.0. The number of amides is 1. The Hall–Kier alpha value is -2.86. The number of rotatable bonds is 4. The van der Waals surface area contributed by atoms with E-state index in [2.05, 4.69) is 10.1 Å². The molecule has 0 unspecified atom stereocenters. The smallest absolute Gasteiger partial charge is 0.253 e. The van der Waals surface area contributed by atoms with Crippen molar-refractivity contribution in [2.24, 2.45) is 0 Å². The lowest BCUT2D eigenvalue weighted by molar-refractivity contribution is 0.0617. The minimum Gasteiger partial charge on any atom is -0.360 e. The lowest BCUT2D eigenvalue weighted by Gasteiger charge is -2.34. The highest BCUT2D eigenvalue weighted by Crippen LogP contribution is 2.14. The molecule has 0 N–H and O–H groups in total. The third-order valence-electron chi connectivity index (χ3n) is 4.73.